The maximum absolute atomic E-state index is 12.6. The highest BCUT2D eigenvalue weighted by atomic mass is 16.6. The molecule has 31 heavy (non-hydrogen) atoms. The molecule has 1 amide bonds. The maximum atomic E-state index is 12.6. The minimum Gasteiger partial charge on any atom is -0.507 e. The van der Waals surface area contributed by atoms with Crippen LogP contribution in [-0.4, -0.2) is 42.8 Å². The van der Waals surface area contributed by atoms with Gasteiger partial charge in [0.15, 0.2) is 18.1 Å². The van der Waals surface area contributed by atoms with Gasteiger partial charge in [-0.3, -0.25) is 4.79 Å². The molecule has 0 saturated carbocycles. The molecule has 2 aromatic carbocycles. The van der Waals surface area contributed by atoms with Crippen LogP contribution in [0.3, 0.4) is 0 Å². The number of phenolic OH excluding ortho intramolecular Hbond substituents is 1. The van der Waals surface area contributed by atoms with Gasteiger partial charge in [-0.05, 0) is 41.2 Å². The number of nitrogens with one attached hydrogen (secondary N) is 1. The van der Waals surface area contributed by atoms with Crippen LogP contribution >= 0.6 is 0 Å². The van der Waals surface area contributed by atoms with Crippen LogP contribution < -0.4 is 14.8 Å². The van der Waals surface area contributed by atoms with E-state index in [4.69, 9.17) is 14.2 Å². The fourth-order valence-electron chi connectivity index (χ4n) is 3.26. The van der Waals surface area contributed by atoms with Crippen LogP contribution in [0, 0.1) is 0 Å². The zero-order valence-corrected chi connectivity index (χ0v) is 18.3. The van der Waals surface area contributed by atoms with E-state index in [9.17, 15) is 14.7 Å². The van der Waals surface area contributed by atoms with Crippen LogP contribution in [0.25, 0.3) is 0 Å². The second-order valence-corrected chi connectivity index (χ2v) is 8.19. The number of para-hydroxylation sites is 2. The van der Waals surface area contributed by atoms with E-state index in [-0.39, 0.29) is 35.8 Å². The topological polar surface area (TPSA) is 94.1 Å². The number of esters is 1. The van der Waals surface area contributed by atoms with Crippen molar-refractivity contribution in [3.8, 4) is 17.2 Å². The van der Waals surface area contributed by atoms with Crippen molar-refractivity contribution in [1.29, 1.82) is 0 Å². The molecule has 1 aliphatic heterocycles. The zero-order valence-electron chi connectivity index (χ0n) is 18.3. The number of fused-ring (bicyclic) bond motifs is 1. The SMILES string of the molecule is CC(C)c1cc(C(=O)OCC(=O)NC[C@@H]2COc3ccccc3O2)c(O)c(C(C)C)c1. The summed E-state index contributed by atoms with van der Waals surface area (Å²) in [5, 5.41) is 13.2. The highest BCUT2D eigenvalue weighted by Gasteiger charge is 2.23. The maximum Gasteiger partial charge on any atom is 0.342 e. The minimum atomic E-state index is -0.733. The van der Waals surface area contributed by atoms with E-state index in [1.54, 1.807) is 12.1 Å². The van der Waals surface area contributed by atoms with Gasteiger partial charge in [0.2, 0.25) is 0 Å². The standard InChI is InChI=1S/C24H29NO6/c1-14(2)16-9-18(15(3)4)23(27)19(10-16)24(28)30-13-22(26)25-11-17-12-29-20-7-5-6-8-21(20)31-17/h5-10,14-15,17,27H,11-13H2,1-4H3,(H,25,26)/t17-/m1/s1. The Hall–Kier alpha value is -3.22. The van der Waals surface area contributed by atoms with Crippen LogP contribution in [0.15, 0.2) is 36.4 Å². The number of carbonyl (C=O) groups is 2. The third-order valence-corrected chi connectivity index (χ3v) is 5.10. The Morgan fingerprint density at radius 1 is 1.13 bits per heavy atom. The molecule has 2 N–H and O–H groups in total. The Kier molecular flexibility index (Phi) is 7.05. The van der Waals surface area contributed by atoms with Crippen molar-refractivity contribution in [2.45, 2.75) is 45.6 Å². The van der Waals surface area contributed by atoms with E-state index in [1.807, 2.05) is 52.0 Å². The first-order valence-electron chi connectivity index (χ1n) is 10.4. The van der Waals surface area contributed by atoms with Gasteiger partial charge in [-0.1, -0.05) is 45.9 Å². The number of ether oxygens (including phenoxy) is 3. The Balaban J connectivity index is 1.55. The molecule has 7 nitrogen and oxygen atoms in total. The predicted molar refractivity (Wildman–Crippen MR) is 116 cm³/mol. The first kappa shape index (κ1) is 22.5. The first-order valence-corrected chi connectivity index (χ1v) is 10.4. The third-order valence-electron chi connectivity index (χ3n) is 5.10. The Morgan fingerprint density at radius 3 is 2.52 bits per heavy atom. The number of benzene rings is 2. The van der Waals surface area contributed by atoms with Gasteiger partial charge in [0.05, 0.1) is 6.54 Å². The quantitative estimate of drug-likeness (QED) is 0.654. The smallest absolute Gasteiger partial charge is 0.342 e. The van der Waals surface area contributed by atoms with Crippen LogP contribution in [0.1, 0.15) is 61.0 Å². The van der Waals surface area contributed by atoms with Crippen molar-refractivity contribution in [1.82, 2.24) is 5.32 Å². The van der Waals surface area contributed by atoms with E-state index >= 15 is 0 Å². The van der Waals surface area contributed by atoms with Crippen LogP contribution in [0.2, 0.25) is 0 Å². The van der Waals surface area contributed by atoms with Crippen LogP contribution in [-0.2, 0) is 9.53 Å². The van der Waals surface area contributed by atoms with Gasteiger partial charge in [0.25, 0.3) is 5.91 Å². The lowest BCUT2D eigenvalue weighted by Crippen LogP contribution is -2.42. The van der Waals surface area contributed by atoms with Crippen molar-refractivity contribution in [2.75, 3.05) is 19.8 Å². The number of carbonyl (C=O) groups excluding carboxylic acids is 2. The summed E-state index contributed by atoms with van der Waals surface area (Å²) >= 11 is 0. The fourth-order valence-corrected chi connectivity index (χ4v) is 3.26. The summed E-state index contributed by atoms with van der Waals surface area (Å²) < 4.78 is 16.5. The molecule has 0 bridgehead atoms. The molecule has 0 fully saturated rings. The summed E-state index contributed by atoms with van der Waals surface area (Å²) in [7, 11) is 0. The summed E-state index contributed by atoms with van der Waals surface area (Å²) in [6, 6.07) is 10.8. The highest BCUT2D eigenvalue weighted by molar-refractivity contribution is 5.94. The van der Waals surface area contributed by atoms with E-state index in [0.29, 0.717) is 23.7 Å². The summed E-state index contributed by atoms with van der Waals surface area (Å²) in [5.74, 6) is 0.218. The second kappa shape index (κ2) is 9.73. The van der Waals surface area contributed by atoms with Crippen LogP contribution in [0.5, 0.6) is 17.2 Å². The average Bonchev–Trinajstić information content (AvgIpc) is 2.75. The predicted octanol–water partition coefficient (Wildman–Crippen LogP) is 3.75. The summed E-state index contributed by atoms with van der Waals surface area (Å²) in [5.41, 5.74) is 1.67. The monoisotopic (exact) mass is 427 g/mol. The van der Waals surface area contributed by atoms with Crippen molar-refractivity contribution in [3.63, 3.8) is 0 Å². The minimum absolute atomic E-state index is 0.0383. The van der Waals surface area contributed by atoms with Gasteiger partial charge in [0, 0.05) is 0 Å². The van der Waals surface area contributed by atoms with Crippen molar-refractivity contribution in [3.05, 3.63) is 53.1 Å². The third kappa shape index (κ3) is 5.48. The number of aromatic hydroxyl groups is 1. The molecule has 3 rings (SSSR count). The molecule has 0 radical (unpaired) electrons. The first-order chi connectivity index (χ1) is 14.8. The molecular formula is C24H29NO6. The van der Waals surface area contributed by atoms with Gasteiger partial charge in [-0.25, -0.2) is 4.79 Å². The average molecular weight is 427 g/mol. The lowest BCUT2D eigenvalue weighted by molar-refractivity contribution is -0.124. The number of hydrogen-bond donors (Lipinski definition) is 2. The molecular weight excluding hydrogens is 398 g/mol. The van der Waals surface area contributed by atoms with Gasteiger partial charge >= 0.3 is 5.97 Å². The molecule has 2 aromatic rings. The molecule has 0 spiro atoms. The normalized spacial score (nSPS) is 15.1. The molecule has 7 heteroatoms. The number of rotatable bonds is 7. The highest BCUT2D eigenvalue weighted by Crippen LogP contribution is 2.33. The van der Waals surface area contributed by atoms with E-state index in [0.717, 1.165) is 5.56 Å². The molecule has 1 atom stereocenters. The van der Waals surface area contributed by atoms with Gasteiger partial charge in [0.1, 0.15) is 24.0 Å². The molecule has 1 aliphatic rings. The molecule has 0 aliphatic carbocycles. The lowest BCUT2D eigenvalue weighted by atomic mass is 9.92. The van der Waals surface area contributed by atoms with Gasteiger partial charge < -0.3 is 24.6 Å². The van der Waals surface area contributed by atoms with Gasteiger partial charge in [-0.15, -0.1) is 0 Å². The Labute approximate surface area is 182 Å². The van der Waals surface area contributed by atoms with Gasteiger partial charge in [-0.2, -0.15) is 0 Å². The number of amides is 1. The fraction of sp³-hybridized carbons (Fsp3) is 0.417. The molecule has 0 unspecified atom stereocenters. The number of phenols is 1. The Morgan fingerprint density at radius 2 is 1.84 bits per heavy atom. The van der Waals surface area contributed by atoms with Crippen molar-refractivity contribution < 1.29 is 28.9 Å². The molecule has 1 heterocycles. The van der Waals surface area contributed by atoms with E-state index in [1.165, 1.54) is 0 Å². The molecule has 0 saturated heterocycles. The summed E-state index contributed by atoms with van der Waals surface area (Å²) in [6.45, 7) is 7.98. The van der Waals surface area contributed by atoms with Crippen LogP contribution in [0.4, 0.5) is 0 Å². The Bertz CT molecular complexity index is 953. The molecule has 0 aromatic heterocycles. The van der Waals surface area contributed by atoms with Crippen molar-refractivity contribution in [2.24, 2.45) is 0 Å². The second-order valence-electron chi connectivity index (χ2n) is 8.19. The summed E-state index contributed by atoms with van der Waals surface area (Å²) in [6.07, 6.45) is -0.338. The molecule has 166 valence electrons. The zero-order chi connectivity index (χ0) is 22.5. The van der Waals surface area contributed by atoms with E-state index < -0.39 is 18.5 Å². The largest absolute Gasteiger partial charge is 0.507 e. The lowest BCUT2D eigenvalue weighted by Gasteiger charge is -2.26. The summed E-state index contributed by atoms with van der Waals surface area (Å²) in [4.78, 5) is 24.7. The van der Waals surface area contributed by atoms with E-state index in [2.05, 4.69) is 5.32 Å². The number of hydrogen-bond acceptors (Lipinski definition) is 6. The van der Waals surface area contributed by atoms with Crippen molar-refractivity contribution >= 4 is 11.9 Å².